The third kappa shape index (κ3) is 4.81. The van der Waals surface area contributed by atoms with Crippen LogP contribution in [-0.2, 0) is 4.79 Å². The molecular formula is C19H28N2O3. The first-order valence-electron chi connectivity index (χ1n) is 8.78. The zero-order valence-corrected chi connectivity index (χ0v) is 14.5. The van der Waals surface area contributed by atoms with Gasteiger partial charge in [0.15, 0.2) is 6.29 Å². The second kappa shape index (κ2) is 8.83. The maximum absolute atomic E-state index is 10.9. The summed E-state index contributed by atoms with van der Waals surface area (Å²) in [4.78, 5) is 21.4. The standard InChI is InChI=1S/C13H16O2.C6H12N2O/c1-9-2-3-10(6-9)11-4-5-12(8-14)13(15)7-11;1-7-5-3-2-4-8-6(5)9/h4-5,7-10,15H,2-3,6H2,1H3;5,7H,2-4H2,1H3,(H,8,9). The Bertz CT molecular complexity index is 574. The van der Waals surface area contributed by atoms with Crippen molar-refractivity contribution >= 4 is 12.2 Å². The number of hydrogen-bond donors (Lipinski definition) is 3. The van der Waals surface area contributed by atoms with E-state index in [0.717, 1.165) is 25.3 Å². The summed E-state index contributed by atoms with van der Waals surface area (Å²) in [7, 11) is 1.82. The van der Waals surface area contributed by atoms with Crippen LogP contribution in [0.3, 0.4) is 0 Å². The Morgan fingerprint density at radius 3 is 2.58 bits per heavy atom. The summed E-state index contributed by atoms with van der Waals surface area (Å²) in [6.07, 6.45) is 6.41. The fraction of sp³-hybridized carbons (Fsp3) is 0.579. The molecule has 3 rings (SSSR count). The van der Waals surface area contributed by atoms with E-state index in [1.54, 1.807) is 12.1 Å². The highest BCUT2D eigenvalue weighted by Gasteiger charge is 2.23. The van der Waals surface area contributed by atoms with Crippen LogP contribution in [0.25, 0.3) is 0 Å². The molecule has 1 amide bonds. The van der Waals surface area contributed by atoms with Crippen LogP contribution >= 0.6 is 0 Å². The van der Waals surface area contributed by atoms with E-state index in [2.05, 4.69) is 17.6 Å². The molecule has 1 aliphatic carbocycles. The summed E-state index contributed by atoms with van der Waals surface area (Å²) in [6, 6.07) is 5.47. The molecule has 1 aromatic carbocycles. The number of nitrogens with one attached hydrogen (secondary N) is 2. The summed E-state index contributed by atoms with van der Waals surface area (Å²) in [6.45, 7) is 3.11. The second-order valence-electron chi connectivity index (χ2n) is 6.83. The lowest BCUT2D eigenvalue weighted by Gasteiger charge is -2.20. The molecule has 2 fully saturated rings. The molecule has 132 valence electrons. The van der Waals surface area contributed by atoms with Crippen molar-refractivity contribution in [2.75, 3.05) is 13.6 Å². The number of likely N-dealkylation sites (N-methyl/N-ethyl adjacent to an activating group) is 1. The molecule has 5 nitrogen and oxygen atoms in total. The number of piperidine rings is 1. The summed E-state index contributed by atoms with van der Waals surface area (Å²) in [5, 5.41) is 15.3. The van der Waals surface area contributed by atoms with E-state index in [9.17, 15) is 14.7 Å². The molecule has 3 atom stereocenters. The molecule has 0 bridgehead atoms. The Hall–Kier alpha value is -1.88. The molecule has 5 heteroatoms. The molecule has 1 saturated carbocycles. The molecular weight excluding hydrogens is 304 g/mol. The lowest BCUT2D eigenvalue weighted by Crippen LogP contribution is -2.46. The van der Waals surface area contributed by atoms with Gasteiger partial charge in [-0.15, -0.1) is 0 Å². The number of hydrogen-bond acceptors (Lipinski definition) is 4. The van der Waals surface area contributed by atoms with Crippen LogP contribution in [0.5, 0.6) is 5.75 Å². The minimum atomic E-state index is 0.0544. The van der Waals surface area contributed by atoms with Gasteiger partial charge >= 0.3 is 0 Å². The molecule has 1 aromatic rings. The van der Waals surface area contributed by atoms with Gasteiger partial charge in [0, 0.05) is 6.54 Å². The number of aldehydes is 1. The highest BCUT2D eigenvalue weighted by atomic mass is 16.3. The normalized spacial score (nSPS) is 26.2. The van der Waals surface area contributed by atoms with Crippen molar-refractivity contribution in [3.05, 3.63) is 29.3 Å². The molecule has 0 aromatic heterocycles. The Labute approximate surface area is 143 Å². The van der Waals surface area contributed by atoms with Crippen molar-refractivity contribution in [3.63, 3.8) is 0 Å². The zero-order chi connectivity index (χ0) is 17.5. The molecule has 1 heterocycles. The van der Waals surface area contributed by atoms with Crippen molar-refractivity contribution in [2.45, 2.75) is 51.0 Å². The van der Waals surface area contributed by atoms with Gasteiger partial charge in [0.2, 0.25) is 5.91 Å². The van der Waals surface area contributed by atoms with Crippen molar-refractivity contribution in [1.82, 2.24) is 10.6 Å². The molecule has 0 radical (unpaired) electrons. The van der Waals surface area contributed by atoms with Crippen LogP contribution in [0, 0.1) is 5.92 Å². The Balaban J connectivity index is 0.000000198. The van der Waals surface area contributed by atoms with Crippen LogP contribution in [0.1, 0.15) is 60.9 Å². The number of aromatic hydroxyl groups is 1. The second-order valence-corrected chi connectivity index (χ2v) is 6.83. The van der Waals surface area contributed by atoms with Gasteiger partial charge in [-0.1, -0.05) is 19.4 Å². The van der Waals surface area contributed by atoms with E-state index in [1.807, 2.05) is 13.1 Å². The lowest BCUT2D eigenvalue weighted by molar-refractivity contribution is -0.124. The Kier molecular flexibility index (Phi) is 6.79. The maximum atomic E-state index is 10.9. The summed E-state index contributed by atoms with van der Waals surface area (Å²) in [5.41, 5.74) is 1.55. The van der Waals surface area contributed by atoms with E-state index in [0.29, 0.717) is 17.8 Å². The molecule has 1 saturated heterocycles. The van der Waals surface area contributed by atoms with Gasteiger partial charge in [0.05, 0.1) is 11.6 Å². The van der Waals surface area contributed by atoms with E-state index in [-0.39, 0.29) is 17.7 Å². The van der Waals surface area contributed by atoms with Gasteiger partial charge in [-0.05, 0) is 62.3 Å². The summed E-state index contributed by atoms with van der Waals surface area (Å²) >= 11 is 0. The van der Waals surface area contributed by atoms with E-state index in [4.69, 9.17) is 0 Å². The first-order chi connectivity index (χ1) is 11.5. The van der Waals surface area contributed by atoms with Gasteiger partial charge in [0.1, 0.15) is 5.75 Å². The van der Waals surface area contributed by atoms with Crippen LogP contribution in [0.4, 0.5) is 0 Å². The van der Waals surface area contributed by atoms with Crippen molar-refractivity contribution in [1.29, 1.82) is 0 Å². The first-order valence-corrected chi connectivity index (χ1v) is 8.78. The number of rotatable bonds is 3. The quantitative estimate of drug-likeness (QED) is 0.744. The molecule has 1 aliphatic heterocycles. The van der Waals surface area contributed by atoms with Crippen LogP contribution in [0.15, 0.2) is 18.2 Å². The molecule has 0 spiro atoms. The molecule has 2 aliphatic rings. The smallest absolute Gasteiger partial charge is 0.237 e. The summed E-state index contributed by atoms with van der Waals surface area (Å²) in [5.74, 6) is 1.60. The average molecular weight is 332 g/mol. The fourth-order valence-corrected chi connectivity index (χ4v) is 3.47. The number of carbonyl (C=O) groups is 2. The lowest BCUT2D eigenvalue weighted by atomic mass is 9.95. The number of phenols is 1. The van der Waals surface area contributed by atoms with E-state index in [1.165, 1.54) is 24.8 Å². The molecule has 3 N–H and O–H groups in total. The molecule has 24 heavy (non-hydrogen) atoms. The number of phenolic OH excluding ortho intramolecular Hbond substituents is 1. The Morgan fingerprint density at radius 2 is 2.08 bits per heavy atom. The Morgan fingerprint density at radius 1 is 1.29 bits per heavy atom. The monoisotopic (exact) mass is 332 g/mol. The van der Waals surface area contributed by atoms with Crippen molar-refractivity contribution in [2.24, 2.45) is 5.92 Å². The minimum Gasteiger partial charge on any atom is -0.507 e. The minimum absolute atomic E-state index is 0.0544. The number of carbonyl (C=O) groups excluding carboxylic acids is 2. The third-order valence-corrected chi connectivity index (χ3v) is 4.98. The fourth-order valence-electron chi connectivity index (χ4n) is 3.47. The average Bonchev–Trinajstić information content (AvgIpc) is 3.02. The van der Waals surface area contributed by atoms with Gasteiger partial charge in [-0.2, -0.15) is 0 Å². The summed E-state index contributed by atoms with van der Waals surface area (Å²) < 4.78 is 0. The number of amides is 1. The van der Waals surface area contributed by atoms with E-state index < -0.39 is 0 Å². The largest absolute Gasteiger partial charge is 0.507 e. The van der Waals surface area contributed by atoms with Crippen molar-refractivity contribution in [3.8, 4) is 5.75 Å². The van der Waals surface area contributed by atoms with Crippen LogP contribution in [-0.4, -0.2) is 36.9 Å². The van der Waals surface area contributed by atoms with Gasteiger partial charge < -0.3 is 15.7 Å². The first kappa shape index (κ1) is 18.5. The van der Waals surface area contributed by atoms with Crippen LogP contribution in [0.2, 0.25) is 0 Å². The highest BCUT2D eigenvalue weighted by molar-refractivity contribution is 5.82. The maximum Gasteiger partial charge on any atom is 0.237 e. The van der Waals surface area contributed by atoms with Gasteiger partial charge in [-0.3, -0.25) is 9.59 Å². The SMILES string of the molecule is CC1CCC(c2ccc(C=O)c(O)c2)C1.CNC1CCCNC1=O. The number of benzene rings is 1. The van der Waals surface area contributed by atoms with Crippen molar-refractivity contribution < 1.29 is 14.7 Å². The van der Waals surface area contributed by atoms with Gasteiger partial charge in [-0.25, -0.2) is 0 Å². The van der Waals surface area contributed by atoms with E-state index >= 15 is 0 Å². The van der Waals surface area contributed by atoms with Gasteiger partial charge in [0.25, 0.3) is 0 Å². The molecule has 3 unspecified atom stereocenters. The zero-order valence-electron chi connectivity index (χ0n) is 14.5. The predicted octanol–water partition coefficient (Wildman–Crippen LogP) is 2.59. The predicted molar refractivity (Wildman–Crippen MR) is 94.3 cm³/mol. The van der Waals surface area contributed by atoms with Crippen LogP contribution < -0.4 is 10.6 Å². The topological polar surface area (TPSA) is 78.4 Å². The third-order valence-electron chi connectivity index (χ3n) is 4.98. The highest BCUT2D eigenvalue weighted by Crippen LogP contribution is 2.39.